The Morgan fingerprint density at radius 1 is 1.05 bits per heavy atom. The molecule has 0 spiro atoms. The van der Waals surface area contributed by atoms with Gasteiger partial charge in [0, 0.05) is 24.5 Å². The number of anilines is 2. The highest BCUT2D eigenvalue weighted by Gasteiger charge is 2.08. The molecular weight excluding hydrogens is 282 g/mol. The summed E-state index contributed by atoms with van der Waals surface area (Å²) in [5, 5.41) is 5.44. The highest BCUT2D eigenvalue weighted by atomic mass is 16.4. The number of carbonyl (C=O) groups excluding carboxylic acids is 1. The lowest BCUT2D eigenvalue weighted by molar-refractivity contribution is 0.262. The molecule has 2 amide bonds. The van der Waals surface area contributed by atoms with Crippen LogP contribution in [0.3, 0.4) is 0 Å². The second-order valence-electron chi connectivity index (χ2n) is 5.05. The van der Waals surface area contributed by atoms with Crippen molar-refractivity contribution in [1.82, 2.24) is 4.57 Å². The number of aryl methyl sites for hydroxylation is 2. The molecular formula is C16H15N3O3. The quantitative estimate of drug-likeness (QED) is 0.763. The zero-order valence-electron chi connectivity index (χ0n) is 12.2. The summed E-state index contributed by atoms with van der Waals surface area (Å²) in [7, 11) is 1.63. The van der Waals surface area contributed by atoms with Crippen molar-refractivity contribution in [3.63, 3.8) is 0 Å². The fourth-order valence-electron chi connectivity index (χ4n) is 2.14. The van der Waals surface area contributed by atoms with Gasteiger partial charge in [-0.25, -0.2) is 9.59 Å². The summed E-state index contributed by atoms with van der Waals surface area (Å²) in [4.78, 5) is 23.4. The molecule has 0 bridgehead atoms. The molecule has 0 aliphatic rings. The van der Waals surface area contributed by atoms with Crippen LogP contribution in [-0.2, 0) is 7.05 Å². The highest BCUT2D eigenvalue weighted by molar-refractivity contribution is 6.00. The molecule has 0 saturated heterocycles. The number of oxazole rings is 1. The largest absolute Gasteiger partial charge is 0.419 e. The average Bonchev–Trinajstić information content (AvgIpc) is 2.76. The monoisotopic (exact) mass is 297 g/mol. The molecule has 6 heteroatoms. The molecule has 3 aromatic rings. The van der Waals surface area contributed by atoms with Crippen molar-refractivity contribution < 1.29 is 9.21 Å². The van der Waals surface area contributed by atoms with Crippen LogP contribution >= 0.6 is 0 Å². The zero-order valence-corrected chi connectivity index (χ0v) is 12.2. The summed E-state index contributed by atoms with van der Waals surface area (Å²) >= 11 is 0. The molecule has 0 fully saturated rings. The van der Waals surface area contributed by atoms with E-state index < -0.39 is 5.76 Å². The summed E-state index contributed by atoms with van der Waals surface area (Å²) in [6.45, 7) is 1.98. The predicted octanol–water partition coefficient (Wildman–Crippen LogP) is 3.08. The van der Waals surface area contributed by atoms with Gasteiger partial charge in [-0.1, -0.05) is 17.7 Å². The van der Waals surface area contributed by atoms with Gasteiger partial charge in [-0.05, 0) is 31.2 Å². The van der Waals surface area contributed by atoms with E-state index in [1.54, 1.807) is 25.2 Å². The number of hydrogen-bond acceptors (Lipinski definition) is 3. The first-order valence-corrected chi connectivity index (χ1v) is 6.77. The van der Waals surface area contributed by atoms with E-state index in [-0.39, 0.29) is 6.03 Å². The van der Waals surface area contributed by atoms with Crippen molar-refractivity contribution in [2.24, 2.45) is 7.05 Å². The van der Waals surface area contributed by atoms with Crippen molar-refractivity contribution in [2.75, 3.05) is 10.6 Å². The second-order valence-corrected chi connectivity index (χ2v) is 5.05. The van der Waals surface area contributed by atoms with Crippen LogP contribution in [0.2, 0.25) is 0 Å². The number of aromatic nitrogens is 1. The van der Waals surface area contributed by atoms with E-state index >= 15 is 0 Å². The van der Waals surface area contributed by atoms with Gasteiger partial charge in [0.15, 0.2) is 5.58 Å². The number of urea groups is 1. The van der Waals surface area contributed by atoms with Gasteiger partial charge in [-0.15, -0.1) is 0 Å². The van der Waals surface area contributed by atoms with E-state index in [1.165, 1.54) is 4.57 Å². The number of benzene rings is 2. The molecule has 0 aliphatic heterocycles. The molecule has 6 nitrogen and oxygen atoms in total. The van der Waals surface area contributed by atoms with Gasteiger partial charge in [0.1, 0.15) is 0 Å². The average molecular weight is 297 g/mol. The van der Waals surface area contributed by atoms with Gasteiger partial charge in [0.25, 0.3) is 0 Å². The third kappa shape index (κ3) is 2.71. The van der Waals surface area contributed by atoms with Crippen LogP contribution in [0, 0.1) is 6.92 Å². The molecule has 0 unspecified atom stereocenters. The molecule has 2 N–H and O–H groups in total. The third-order valence-corrected chi connectivity index (χ3v) is 3.36. The van der Waals surface area contributed by atoms with E-state index in [1.807, 2.05) is 31.2 Å². The van der Waals surface area contributed by atoms with Crippen LogP contribution in [0.15, 0.2) is 51.7 Å². The van der Waals surface area contributed by atoms with E-state index in [4.69, 9.17) is 4.42 Å². The number of amides is 2. The first kappa shape index (κ1) is 13.9. The molecule has 112 valence electrons. The minimum Gasteiger partial charge on any atom is -0.408 e. The number of rotatable bonds is 2. The Kier molecular flexibility index (Phi) is 3.42. The predicted molar refractivity (Wildman–Crippen MR) is 85.3 cm³/mol. The summed E-state index contributed by atoms with van der Waals surface area (Å²) < 4.78 is 6.50. The number of fused-ring (bicyclic) bond motifs is 1. The van der Waals surface area contributed by atoms with Crippen molar-refractivity contribution in [3.8, 4) is 0 Å². The molecule has 0 radical (unpaired) electrons. The van der Waals surface area contributed by atoms with Crippen LogP contribution < -0.4 is 16.4 Å². The summed E-state index contributed by atoms with van der Waals surface area (Å²) in [5.74, 6) is -0.434. The minimum atomic E-state index is -0.434. The lowest BCUT2D eigenvalue weighted by Gasteiger charge is -2.07. The van der Waals surface area contributed by atoms with E-state index in [2.05, 4.69) is 10.6 Å². The molecule has 1 aromatic heterocycles. The van der Waals surface area contributed by atoms with Crippen molar-refractivity contribution >= 4 is 28.5 Å². The number of nitrogens with zero attached hydrogens (tertiary/aromatic N) is 1. The smallest absolute Gasteiger partial charge is 0.408 e. The Hall–Kier alpha value is -3.02. The Labute approximate surface area is 126 Å². The maximum Gasteiger partial charge on any atom is 0.419 e. The Bertz CT molecular complexity index is 891. The third-order valence-electron chi connectivity index (χ3n) is 3.36. The van der Waals surface area contributed by atoms with Crippen LogP contribution in [0.25, 0.3) is 11.1 Å². The second kappa shape index (κ2) is 5.40. The fraction of sp³-hybridized carbons (Fsp3) is 0.125. The Morgan fingerprint density at radius 3 is 2.41 bits per heavy atom. The van der Waals surface area contributed by atoms with Crippen LogP contribution in [0.1, 0.15) is 5.56 Å². The van der Waals surface area contributed by atoms with Crippen LogP contribution in [0.4, 0.5) is 16.2 Å². The van der Waals surface area contributed by atoms with Gasteiger partial charge in [-0.3, -0.25) is 4.57 Å². The lowest BCUT2D eigenvalue weighted by Crippen LogP contribution is -2.19. The minimum absolute atomic E-state index is 0.360. The maximum atomic E-state index is 12.0. The zero-order chi connectivity index (χ0) is 15.7. The molecule has 1 heterocycles. The van der Waals surface area contributed by atoms with Gasteiger partial charge in [-0.2, -0.15) is 0 Å². The maximum absolute atomic E-state index is 12.0. The van der Waals surface area contributed by atoms with Gasteiger partial charge >= 0.3 is 11.8 Å². The highest BCUT2D eigenvalue weighted by Crippen LogP contribution is 2.18. The van der Waals surface area contributed by atoms with Crippen molar-refractivity contribution in [3.05, 3.63) is 58.6 Å². The summed E-state index contributed by atoms with van der Waals surface area (Å²) in [6, 6.07) is 12.2. The van der Waals surface area contributed by atoms with E-state index in [0.29, 0.717) is 22.5 Å². The fourth-order valence-corrected chi connectivity index (χ4v) is 2.14. The lowest BCUT2D eigenvalue weighted by atomic mass is 10.2. The first-order chi connectivity index (χ1) is 10.5. The standard InChI is InChI=1S/C16H15N3O3/c1-10-3-5-11(6-4-10)17-15(20)18-12-7-8-13-14(9-12)22-16(21)19(13)2/h3-9H,1-2H3,(H2,17,18,20). The number of carbonyl (C=O) groups is 1. The molecule has 0 aliphatic carbocycles. The van der Waals surface area contributed by atoms with Gasteiger partial charge < -0.3 is 15.1 Å². The van der Waals surface area contributed by atoms with Crippen molar-refractivity contribution in [1.29, 1.82) is 0 Å². The molecule has 0 saturated carbocycles. The molecule has 0 atom stereocenters. The van der Waals surface area contributed by atoms with Gasteiger partial charge in [0.2, 0.25) is 0 Å². The summed E-state index contributed by atoms with van der Waals surface area (Å²) in [5.41, 5.74) is 3.48. The Morgan fingerprint density at radius 2 is 1.68 bits per heavy atom. The topological polar surface area (TPSA) is 76.3 Å². The molecule has 2 aromatic carbocycles. The van der Waals surface area contributed by atoms with E-state index in [0.717, 1.165) is 5.56 Å². The Balaban J connectivity index is 1.76. The van der Waals surface area contributed by atoms with Crippen LogP contribution in [0.5, 0.6) is 0 Å². The normalized spacial score (nSPS) is 10.6. The number of nitrogens with one attached hydrogen (secondary N) is 2. The van der Waals surface area contributed by atoms with Crippen molar-refractivity contribution in [2.45, 2.75) is 6.92 Å². The van der Waals surface area contributed by atoms with Gasteiger partial charge in [0.05, 0.1) is 5.52 Å². The van der Waals surface area contributed by atoms with Crippen LogP contribution in [-0.4, -0.2) is 10.6 Å². The number of hydrogen-bond donors (Lipinski definition) is 2. The summed E-state index contributed by atoms with van der Waals surface area (Å²) in [6.07, 6.45) is 0. The SMILES string of the molecule is Cc1ccc(NC(=O)Nc2ccc3c(c2)oc(=O)n3C)cc1. The first-order valence-electron chi connectivity index (χ1n) is 6.77. The molecule has 3 rings (SSSR count). The van der Waals surface area contributed by atoms with E-state index in [9.17, 15) is 9.59 Å². The molecule has 22 heavy (non-hydrogen) atoms.